The number of sulfonamides is 1. The van der Waals surface area contributed by atoms with Gasteiger partial charge >= 0.3 is 0 Å². The number of benzene rings is 1. The van der Waals surface area contributed by atoms with Crippen molar-refractivity contribution in [2.75, 3.05) is 42.9 Å². The fraction of sp³-hybridized carbons (Fsp3) is 0.412. The van der Waals surface area contributed by atoms with Gasteiger partial charge in [-0.05, 0) is 19.9 Å². The summed E-state index contributed by atoms with van der Waals surface area (Å²) in [5.74, 6) is 2.12. The summed E-state index contributed by atoms with van der Waals surface area (Å²) in [7, 11) is -3.79. The maximum Gasteiger partial charge on any atom is 0.270 e. The quantitative estimate of drug-likeness (QED) is 0.567. The number of nitro benzene ring substituents is 1. The lowest BCUT2D eigenvalue weighted by Crippen LogP contribution is -2.49. The first-order valence-corrected chi connectivity index (χ1v) is 10.3. The fourth-order valence-electron chi connectivity index (χ4n) is 3.05. The molecule has 1 aliphatic rings. The number of aromatic nitrogens is 2. The highest BCUT2D eigenvalue weighted by atomic mass is 32.2. The van der Waals surface area contributed by atoms with Gasteiger partial charge in [-0.25, -0.2) is 18.4 Å². The largest absolute Gasteiger partial charge is 0.370 e. The van der Waals surface area contributed by atoms with Crippen LogP contribution in [-0.4, -0.2) is 60.3 Å². The van der Waals surface area contributed by atoms with E-state index in [-0.39, 0.29) is 23.7 Å². The highest BCUT2D eigenvalue weighted by Crippen LogP contribution is 2.24. The third-order valence-corrected chi connectivity index (χ3v) is 6.31. The van der Waals surface area contributed by atoms with Gasteiger partial charge in [-0.15, -0.1) is 0 Å². The molecule has 3 rings (SSSR count). The number of nitrogens with zero attached hydrogens (tertiary/aromatic N) is 5. The number of nitrogens with one attached hydrogen (secondary N) is 1. The first-order chi connectivity index (χ1) is 13.3. The molecule has 0 unspecified atom stereocenters. The van der Waals surface area contributed by atoms with Gasteiger partial charge in [0.05, 0.1) is 9.82 Å². The van der Waals surface area contributed by atoms with Crippen LogP contribution in [0.25, 0.3) is 0 Å². The summed E-state index contributed by atoms with van der Waals surface area (Å²) in [5, 5.41) is 14.1. The molecule has 10 nitrogen and oxygen atoms in total. The second-order valence-electron chi connectivity index (χ2n) is 6.33. The van der Waals surface area contributed by atoms with Gasteiger partial charge in [0.15, 0.2) is 0 Å². The van der Waals surface area contributed by atoms with Crippen LogP contribution in [0.1, 0.15) is 12.7 Å². The fourth-order valence-corrected chi connectivity index (χ4v) is 4.51. The van der Waals surface area contributed by atoms with Crippen molar-refractivity contribution in [3.05, 3.63) is 46.3 Å². The van der Waals surface area contributed by atoms with Crippen molar-refractivity contribution in [2.45, 2.75) is 18.7 Å². The third kappa shape index (κ3) is 4.20. The third-order valence-electron chi connectivity index (χ3n) is 4.41. The topological polar surface area (TPSA) is 122 Å². The van der Waals surface area contributed by atoms with Gasteiger partial charge in [0.2, 0.25) is 10.0 Å². The standard InChI is InChI=1S/C17H22N6O4S/c1-3-18-16-12-17(20-13(2)19-16)21-7-9-22(10-8-21)28(26,27)15-6-4-5-14(11-15)23(24)25/h4-6,11-12H,3,7-10H2,1-2H3,(H,18,19,20). The summed E-state index contributed by atoms with van der Waals surface area (Å²) in [5.41, 5.74) is -0.243. The molecule has 2 aromatic rings. The van der Waals surface area contributed by atoms with Crippen LogP contribution < -0.4 is 10.2 Å². The molecule has 0 amide bonds. The predicted molar refractivity (Wildman–Crippen MR) is 105 cm³/mol. The van der Waals surface area contributed by atoms with Gasteiger partial charge in [-0.3, -0.25) is 10.1 Å². The van der Waals surface area contributed by atoms with Gasteiger partial charge in [-0.1, -0.05) is 6.07 Å². The van der Waals surface area contributed by atoms with Crippen LogP contribution in [-0.2, 0) is 10.0 Å². The number of nitro groups is 1. The minimum atomic E-state index is -3.79. The summed E-state index contributed by atoms with van der Waals surface area (Å²) in [6.45, 7) is 6.01. The minimum absolute atomic E-state index is 0.0672. The maximum atomic E-state index is 12.8. The summed E-state index contributed by atoms with van der Waals surface area (Å²) in [4.78, 5) is 21.0. The average Bonchev–Trinajstić information content (AvgIpc) is 2.68. The molecule has 0 aliphatic carbocycles. The molecule has 2 heterocycles. The molecule has 28 heavy (non-hydrogen) atoms. The molecule has 0 saturated carbocycles. The molecular weight excluding hydrogens is 384 g/mol. The monoisotopic (exact) mass is 406 g/mol. The molecule has 1 saturated heterocycles. The maximum absolute atomic E-state index is 12.8. The first kappa shape index (κ1) is 20.0. The highest BCUT2D eigenvalue weighted by Gasteiger charge is 2.30. The summed E-state index contributed by atoms with van der Waals surface area (Å²) in [6, 6.07) is 6.98. The van der Waals surface area contributed by atoms with E-state index in [0.717, 1.165) is 24.2 Å². The Morgan fingerprint density at radius 1 is 1.18 bits per heavy atom. The lowest BCUT2D eigenvalue weighted by molar-refractivity contribution is -0.385. The smallest absolute Gasteiger partial charge is 0.270 e. The molecule has 0 spiro atoms. The summed E-state index contributed by atoms with van der Waals surface area (Å²) < 4.78 is 27.0. The summed E-state index contributed by atoms with van der Waals surface area (Å²) in [6.07, 6.45) is 0. The normalized spacial score (nSPS) is 15.4. The van der Waals surface area contributed by atoms with Gasteiger partial charge in [0, 0.05) is 50.9 Å². The van der Waals surface area contributed by atoms with Crippen LogP contribution in [0.3, 0.4) is 0 Å². The van der Waals surface area contributed by atoms with Crippen LogP contribution in [0.4, 0.5) is 17.3 Å². The zero-order valence-corrected chi connectivity index (χ0v) is 16.5. The van der Waals surface area contributed by atoms with E-state index in [1.165, 1.54) is 22.5 Å². The number of rotatable bonds is 6. The van der Waals surface area contributed by atoms with Crippen LogP contribution in [0.5, 0.6) is 0 Å². The molecule has 1 aromatic carbocycles. The lowest BCUT2D eigenvalue weighted by atomic mass is 10.3. The zero-order valence-electron chi connectivity index (χ0n) is 15.7. The van der Waals surface area contributed by atoms with E-state index in [9.17, 15) is 18.5 Å². The number of aryl methyl sites for hydroxylation is 1. The van der Waals surface area contributed by atoms with Crippen molar-refractivity contribution >= 4 is 27.3 Å². The van der Waals surface area contributed by atoms with Gasteiger partial charge in [0.25, 0.3) is 5.69 Å². The van der Waals surface area contributed by atoms with Gasteiger partial charge in [-0.2, -0.15) is 4.31 Å². The minimum Gasteiger partial charge on any atom is -0.370 e. The van der Waals surface area contributed by atoms with E-state index in [1.807, 2.05) is 24.8 Å². The van der Waals surface area contributed by atoms with Crippen molar-refractivity contribution in [3.8, 4) is 0 Å². The number of non-ortho nitro benzene ring substituents is 1. The number of hydrogen-bond acceptors (Lipinski definition) is 8. The zero-order chi connectivity index (χ0) is 20.3. The Hall–Kier alpha value is -2.79. The Morgan fingerprint density at radius 3 is 2.54 bits per heavy atom. The van der Waals surface area contributed by atoms with Gasteiger partial charge in [0.1, 0.15) is 17.5 Å². The average molecular weight is 406 g/mol. The second-order valence-corrected chi connectivity index (χ2v) is 8.27. The number of anilines is 2. The molecule has 1 N–H and O–H groups in total. The molecule has 1 fully saturated rings. The van der Waals surface area contributed by atoms with Gasteiger partial charge < -0.3 is 10.2 Å². The Balaban J connectivity index is 1.75. The van der Waals surface area contributed by atoms with Crippen molar-refractivity contribution < 1.29 is 13.3 Å². The molecule has 0 radical (unpaired) electrons. The predicted octanol–water partition coefficient (Wildman–Crippen LogP) is 1.64. The van der Waals surface area contributed by atoms with E-state index in [1.54, 1.807) is 0 Å². The van der Waals surface area contributed by atoms with Crippen molar-refractivity contribution in [1.82, 2.24) is 14.3 Å². The van der Waals surface area contributed by atoms with Crippen LogP contribution in [0.15, 0.2) is 35.2 Å². The van der Waals surface area contributed by atoms with E-state index in [0.29, 0.717) is 18.9 Å². The molecule has 1 aliphatic heterocycles. The molecule has 0 atom stereocenters. The summed E-state index contributed by atoms with van der Waals surface area (Å²) >= 11 is 0. The van der Waals surface area contributed by atoms with E-state index >= 15 is 0 Å². The number of piperazine rings is 1. The van der Waals surface area contributed by atoms with Crippen LogP contribution >= 0.6 is 0 Å². The van der Waals surface area contributed by atoms with Crippen molar-refractivity contribution in [1.29, 1.82) is 0 Å². The van der Waals surface area contributed by atoms with Crippen LogP contribution in [0, 0.1) is 17.0 Å². The lowest BCUT2D eigenvalue weighted by Gasteiger charge is -2.34. The van der Waals surface area contributed by atoms with Crippen molar-refractivity contribution in [3.63, 3.8) is 0 Å². The van der Waals surface area contributed by atoms with Crippen molar-refractivity contribution in [2.24, 2.45) is 0 Å². The van der Waals surface area contributed by atoms with Crippen LogP contribution in [0.2, 0.25) is 0 Å². The number of hydrogen-bond donors (Lipinski definition) is 1. The van der Waals surface area contributed by atoms with E-state index in [2.05, 4.69) is 15.3 Å². The molecule has 150 valence electrons. The molecular formula is C17H22N6O4S. The second kappa shape index (κ2) is 8.07. The highest BCUT2D eigenvalue weighted by molar-refractivity contribution is 7.89. The molecule has 11 heteroatoms. The Kier molecular flexibility index (Phi) is 5.75. The Morgan fingerprint density at radius 2 is 1.89 bits per heavy atom. The SMILES string of the molecule is CCNc1cc(N2CCN(S(=O)(=O)c3cccc([N+](=O)[O-])c3)CC2)nc(C)n1. The molecule has 0 bridgehead atoms. The Bertz CT molecular complexity index is 973. The van der Waals surface area contributed by atoms with E-state index < -0.39 is 14.9 Å². The molecule has 1 aromatic heterocycles. The van der Waals surface area contributed by atoms with E-state index in [4.69, 9.17) is 0 Å². The Labute approximate surface area is 163 Å². The first-order valence-electron chi connectivity index (χ1n) is 8.90.